The molecule has 3 rings (SSSR count). The van der Waals surface area contributed by atoms with Crippen LogP contribution in [0.1, 0.15) is 39.8 Å². The molecule has 4 nitrogen and oxygen atoms in total. The molecule has 3 aromatic rings. The number of oxazole rings is 1. The van der Waals surface area contributed by atoms with Crippen LogP contribution in [-0.2, 0) is 11.3 Å². The van der Waals surface area contributed by atoms with Crippen LogP contribution < -0.4 is 0 Å². The van der Waals surface area contributed by atoms with Gasteiger partial charge in [-0.25, -0.2) is 4.98 Å². The quantitative estimate of drug-likeness (QED) is 0.603. The van der Waals surface area contributed by atoms with Gasteiger partial charge in [-0.05, 0) is 39.8 Å². The number of hydrogen-bond donors (Lipinski definition) is 1. The molecule has 0 fully saturated rings. The van der Waals surface area contributed by atoms with Gasteiger partial charge in [-0.1, -0.05) is 48.5 Å². The molecular weight excluding hydrogens is 338 g/mol. The van der Waals surface area contributed by atoms with E-state index >= 15 is 0 Å². The summed E-state index contributed by atoms with van der Waals surface area (Å²) in [4.78, 5) is 4.70. The number of nitrogens with zero attached hydrogens (tertiary/aromatic N) is 1. The van der Waals surface area contributed by atoms with E-state index < -0.39 is 11.2 Å². The van der Waals surface area contributed by atoms with E-state index in [1.165, 1.54) is 0 Å². The Morgan fingerprint density at radius 2 is 1.44 bits per heavy atom. The molecule has 0 aliphatic heterocycles. The highest BCUT2D eigenvalue weighted by Crippen LogP contribution is 2.32. The number of aromatic nitrogens is 1. The average Bonchev–Trinajstić information content (AvgIpc) is 3.04. The molecule has 0 amide bonds. The van der Waals surface area contributed by atoms with Gasteiger partial charge < -0.3 is 14.3 Å². The first kappa shape index (κ1) is 19.3. The van der Waals surface area contributed by atoms with E-state index in [1.54, 1.807) is 13.8 Å². The van der Waals surface area contributed by atoms with Crippen molar-refractivity contribution >= 4 is 0 Å². The number of ether oxygens (including phenoxy) is 1. The van der Waals surface area contributed by atoms with Crippen LogP contribution in [0.25, 0.3) is 22.8 Å². The Kier molecular flexibility index (Phi) is 5.49. The summed E-state index contributed by atoms with van der Waals surface area (Å²) in [6, 6.07) is 19.8. The molecule has 1 heterocycles. The summed E-state index contributed by atoms with van der Waals surface area (Å²) in [5, 5.41) is 10.1. The Labute approximate surface area is 160 Å². The third-order valence-electron chi connectivity index (χ3n) is 4.21. The maximum Gasteiger partial charge on any atom is 0.227 e. The van der Waals surface area contributed by atoms with Crippen LogP contribution in [0.15, 0.2) is 65.1 Å². The van der Waals surface area contributed by atoms with Gasteiger partial charge in [0.1, 0.15) is 5.69 Å². The standard InChI is InChI=1S/C23H27NO3/c1-22(2,25)16-23(3,4)26-15-19-20(17-11-7-5-8-12-17)27-21(24-19)18-13-9-6-10-14-18/h5-14,25H,15-16H2,1-4H3. The van der Waals surface area contributed by atoms with E-state index in [9.17, 15) is 5.11 Å². The molecule has 0 atom stereocenters. The predicted octanol–water partition coefficient (Wildman–Crippen LogP) is 5.46. The van der Waals surface area contributed by atoms with Gasteiger partial charge in [-0.15, -0.1) is 0 Å². The van der Waals surface area contributed by atoms with Crippen LogP contribution in [0.5, 0.6) is 0 Å². The van der Waals surface area contributed by atoms with Crippen LogP contribution in [0, 0.1) is 0 Å². The first-order valence-electron chi connectivity index (χ1n) is 9.20. The smallest absolute Gasteiger partial charge is 0.227 e. The van der Waals surface area contributed by atoms with Crippen molar-refractivity contribution in [3.8, 4) is 22.8 Å². The van der Waals surface area contributed by atoms with E-state index in [0.717, 1.165) is 16.8 Å². The van der Waals surface area contributed by atoms with Crippen LogP contribution in [-0.4, -0.2) is 21.3 Å². The van der Waals surface area contributed by atoms with Gasteiger partial charge in [-0.3, -0.25) is 0 Å². The molecule has 2 aromatic carbocycles. The van der Waals surface area contributed by atoms with Crippen LogP contribution in [0.4, 0.5) is 0 Å². The van der Waals surface area contributed by atoms with Crippen molar-refractivity contribution in [2.75, 3.05) is 0 Å². The second-order valence-electron chi connectivity index (χ2n) is 8.06. The first-order chi connectivity index (χ1) is 12.7. The Bertz CT molecular complexity index is 862. The molecule has 0 aliphatic carbocycles. The maximum absolute atomic E-state index is 10.1. The van der Waals surface area contributed by atoms with Crippen molar-refractivity contribution in [1.82, 2.24) is 4.98 Å². The normalized spacial score (nSPS) is 12.3. The third-order valence-corrected chi connectivity index (χ3v) is 4.21. The number of hydrogen-bond acceptors (Lipinski definition) is 4. The summed E-state index contributed by atoms with van der Waals surface area (Å²) in [5.74, 6) is 1.29. The fraction of sp³-hybridized carbons (Fsp3) is 0.348. The zero-order valence-electron chi connectivity index (χ0n) is 16.4. The van der Waals surface area contributed by atoms with Crippen LogP contribution in [0.2, 0.25) is 0 Å². The molecule has 0 aliphatic rings. The molecule has 0 spiro atoms. The van der Waals surface area contributed by atoms with Gasteiger partial charge in [0, 0.05) is 17.5 Å². The van der Waals surface area contributed by atoms with Crippen LogP contribution >= 0.6 is 0 Å². The predicted molar refractivity (Wildman–Crippen MR) is 107 cm³/mol. The highest BCUT2D eigenvalue weighted by Gasteiger charge is 2.28. The zero-order chi connectivity index (χ0) is 19.5. The fourth-order valence-electron chi connectivity index (χ4n) is 3.33. The van der Waals surface area contributed by atoms with Gasteiger partial charge in [0.25, 0.3) is 0 Å². The van der Waals surface area contributed by atoms with E-state index in [0.29, 0.717) is 24.7 Å². The van der Waals surface area contributed by atoms with Crippen molar-refractivity contribution < 1.29 is 14.3 Å². The summed E-state index contributed by atoms with van der Waals surface area (Å²) < 4.78 is 12.2. The minimum atomic E-state index is -0.801. The van der Waals surface area contributed by atoms with Crippen molar-refractivity contribution in [3.05, 3.63) is 66.4 Å². The van der Waals surface area contributed by atoms with Crippen molar-refractivity contribution in [2.24, 2.45) is 0 Å². The lowest BCUT2D eigenvalue weighted by Gasteiger charge is -2.31. The maximum atomic E-state index is 10.1. The van der Waals surface area contributed by atoms with Crippen molar-refractivity contribution in [2.45, 2.75) is 51.9 Å². The molecule has 27 heavy (non-hydrogen) atoms. The van der Waals surface area contributed by atoms with Crippen molar-refractivity contribution in [1.29, 1.82) is 0 Å². The van der Waals surface area contributed by atoms with Crippen molar-refractivity contribution in [3.63, 3.8) is 0 Å². The van der Waals surface area contributed by atoms with Gasteiger partial charge in [0.15, 0.2) is 5.76 Å². The molecular formula is C23H27NO3. The highest BCUT2D eigenvalue weighted by molar-refractivity contribution is 5.64. The third kappa shape index (κ3) is 5.28. The van der Waals surface area contributed by atoms with Crippen LogP contribution in [0.3, 0.4) is 0 Å². The fourth-order valence-corrected chi connectivity index (χ4v) is 3.33. The van der Waals surface area contributed by atoms with E-state index in [1.807, 2.05) is 74.5 Å². The lowest BCUT2D eigenvalue weighted by atomic mass is 9.92. The minimum Gasteiger partial charge on any atom is -0.436 e. The lowest BCUT2D eigenvalue weighted by Crippen LogP contribution is -2.35. The molecule has 0 bridgehead atoms. The molecule has 1 N–H and O–H groups in total. The summed E-state index contributed by atoms with van der Waals surface area (Å²) in [7, 11) is 0. The Morgan fingerprint density at radius 3 is 2.00 bits per heavy atom. The van der Waals surface area contributed by atoms with E-state index in [4.69, 9.17) is 14.1 Å². The largest absolute Gasteiger partial charge is 0.436 e. The minimum absolute atomic E-state index is 0.309. The van der Waals surface area contributed by atoms with Gasteiger partial charge >= 0.3 is 0 Å². The second-order valence-corrected chi connectivity index (χ2v) is 8.06. The Balaban J connectivity index is 1.90. The van der Waals surface area contributed by atoms with Gasteiger partial charge in [0.2, 0.25) is 5.89 Å². The Morgan fingerprint density at radius 1 is 0.889 bits per heavy atom. The summed E-state index contributed by atoms with van der Waals surface area (Å²) >= 11 is 0. The molecule has 4 heteroatoms. The van der Waals surface area contributed by atoms with E-state index in [-0.39, 0.29) is 0 Å². The first-order valence-corrected chi connectivity index (χ1v) is 9.20. The second kappa shape index (κ2) is 7.67. The molecule has 0 saturated carbocycles. The summed E-state index contributed by atoms with van der Waals surface area (Å²) in [6.07, 6.45) is 0.518. The molecule has 0 unspecified atom stereocenters. The SMILES string of the molecule is CC(C)(O)CC(C)(C)OCc1nc(-c2ccccc2)oc1-c1ccccc1. The molecule has 0 radical (unpaired) electrons. The van der Waals surface area contributed by atoms with Gasteiger partial charge in [0.05, 0.1) is 17.8 Å². The Hall–Kier alpha value is -2.43. The number of aliphatic hydroxyl groups is 1. The summed E-state index contributed by atoms with van der Waals surface area (Å²) in [5.41, 5.74) is 1.36. The number of rotatable bonds is 7. The van der Waals surface area contributed by atoms with Gasteiger partial charge in [-0.2, -0.15) is 0 Å². The molecule has 0 saturated heterocycles. The monoisotopic (exact) mass is 365 g/mol. The molecule has 142 valence electrons. The lowest BCUT2D eigenvalue weighted by molar-refractivity contribution is -0.0815. The highest BCUT2D eigenvalue weighted by atomic mass is 16.5. The number of benzene rings is 2. The summed E-state index contributed by atoms with van der Waals surface area (Å²) in [6.45, 7) is 7.84. The van der Waals surface area contributed by atoms with E-state index in [2.05, 4.69) is 0 Å². The molecule has 1 aromatic heterocycles. The average molecular weight is 365 g/mol. The zero-order valence-corrected chi connectivity index (χ0v) is 16.4. The topological polar surface area (TPSA) is 55.5 Å².